The van der Waals surface area contributed by atoms with E-state index in [0.29, 0.717) is 51.2 Å². The molecule has 0 radical (unpaired) electrons. The number of nitrogens with one attached hydrogen (secondary N) is 2. The molecule has 1 aromatic carbocycles. The predicted octanol–water partition coefficient (Wildman–Crippen LogP) is 2.70. The van der Waals surface area contributed by atoms with Crippen LogP contribution < -0.4 is 10.6 Å². The quantitative estimate of drug-likeness (QED) is 0.395. The van der Waals surface area contributed by atoms with Crippen molar-refractivity contribution >= 4 is 12.1 Å². The van der Waals surface area contributed by atoms with E-state index >= 15 is 0 Å². The number of hydrogen-bond acceptors (Lipinski definition) is 7. The third-order valence-corrected chi connectivity index (χ3v) is 9.59. The van der Waals surface area contributed by atoms with Gasteiger partial charge in [-0.15, -0.1) is 0 Å². The summed E-state index contributed by atoms with van der Waals surface area (Å²) in [5.74, 6) is 1.09. The minimum atomic E-state index is -0.982. The maximum Gasteiger partial charge on any atom is 0.407 e. The van der Waals surface area contributed by atoms with E-state index < -0.39 is 18.2 Å². The van der Waals surface area contributed by atoms with Crippen LogP contribution in [0, 0.1) is 29.6 Å². The van der Waals surface area contributed by atoms with Gasteiger partial charge < -0.3 is 39.8 Å². The minimum Gasteiger partial charge on any atom is -0.445 e. The van der Waals surface area contributed by atoms with Crippen molar-refractivity contribution in [3.8, 4) is 0 Å². The van der Waals surface area contributed by atoms with Crippen molar-refractivity contribution in [1.29, 1.82) is 0 Å². The van der Waals surface area contributed by atoms with Gasteiger partial charge in [0, 0.05) is 43.4 Å². The Labute approximate surface area is 244 Å². The van der Waals surface area contributed by atoms with Gasteiger partial charge >= 0.3 is 12.1 Å². The molecule has 4 aliphatic rings. The number of carbonyl (C=O) groups is 2. The second-order valence-corrected chi connectivity index (χ2v) is 12.8. The first-order valence-corrected chi connectivity index (χ1v) is 15.4. The van der Waals surface area contributed by atoms with Crippen LogP contribution in [0.15, 0.2) is 30.3 Å². The smallest absolute Gasteiger partial charge is 0.407 e. The Bertz CT molecular complexity index is 1020. The van der Waals surface area contributed by atoms with E-state index in [9.17, 15) is 14.7 Å². The highest BCUT2D eigenvalue weighted by atomic mass is 16.7. The van der Waals surface area contributed by atoms with Gasteiger partial charge in [0.1, 0.15) is 6.10 Å². The number of benzene rings is 1. The second kappa shape index (κ2) is 13.3. The average molecular weight is 573 g/mol. The van der Waals surface area contributed by atoms with Crippen LogP contribution in [0.25, 0.3) is 0 Å². The van der Waals surface area contributed by atoms with Gasteiger partial charge in [0.05, 0.1) is 31.9 Å². The topological polar surface area (TPSA) is 113 Å². The van der Waals surface area contributed by atoms with E-state index in [2.05, 4.69) is 31.4 Å². The summed E-state index contributed by atoms with van der Waals surface area (Å²) in [5, 5.41) is 17.8. The number of nitrogens with zero attached hydrogens (tertiary/aromatic N) is 2. The van der Waals surface area contributed by atoms with Crippen LogP contribution in [0.3, 0.4) is 0 Å². The summed E-state index contributed by atoms with van der Waals surface area (Å²) in [6.07, 6.45) is 0.214. The molecule has 1 saturated carbocycles. The summed E-state index contributed by atoms with van der Waals surface area (Å²) >= 11 is 0. The molecular weight excluding hydrogens is 524 g/mol. The molecule has 4 fully saturated rings. The molecule has 5 unspecified atom stereocenters. The molecule has 1 aromatic rings. The lowest BCUT2D eigenvalue weighted by Gasteiger charge is -2.38. The Morgan fingerprint density at radius 3 is 2.44 bits per heavy atom. The van der Waals surface area contributed by atoms with Crippen LogP contribution >= 0.6 is 0 Å². The summed E-state index contributed by atoms with van der Waals surface area (Å²) in [6, 6.07) is 9.50. The highest BCUT2D eigenvalue weighted by Crippen LogP contribution is 2.52. The number of amides is 3. The van der Waals surface area contributed by atoms with E-state index in [4.69, 9.17) is 14.2 Å². The first kappa shape index (κ1) is 30.1. The molecule has 41 heavy (non-hydrogen) atoms. The van der Waals surface area contributed by atoms with E-state index in [0.717, 1.165) is 18.4 Å². The first-order valence-electron chi connectivity index (χ1n) is 15.4. The number of fused-ring (bicyclic) bond motifs is 1. The predicted molar refractivity (Wildman–Crippen MR) is 154 cm³/mol. The van der Waals surface area contributed by atoms with E-state index in [-0.39, 0.29) is 48.6 Å². The van der Waals surface area contributed by atoms with Gasteiger partial charge in [-0.05, 0) is 43.7 Å². The third-order valence-electron chi connectivity index (χ3n) is 9.59. The van der Waals surface area contributed by atoms with Gasteiger partial charge in [-0.2, -0.15) is 0 Å². The molecule has 3 amide bonds. The summed E-state index contributed by atoms with van der Waals surface area (Å²) in [4.78, 5) is 30.6. The summed E-state index contributed by atoms with van der Waals surface area (Å²) in [7, 11) is 1.96. The lowest BCUT2D eigenvalue weighted by molar-refractivity contribution is -0.183. The van der Waals surface area contributed by atoms with Gasteiger partial charge in [0.25, 0.3) is 0 Å². The number of alkyl carbamates (subject to hydrolysis) is 1. The lowest BCUT2D eigenvalue weighted by Crippen LogP contribution is -2.55. The number of aliphatic hydroxyl groups is 1. The summed E-state index contributed by atoms with van der Waals surface area (Å²) in [5.41, 5.74) is 0.985. The van der Waals surface area contributed by atoms with Crippen molar-refractivity contribution in [2.45, 2.75) is 70.6 Å². The van der Waals surface area contributed by atoms with Crippen molar-refractivity contribution in [3.05, 3.63) is 35.9 Å². The zero-order chi connectivity index (χ0) is 29.1. The Morgan fingerprint density at radius 2 is 1.78 bits per heavy atom. The Morgan fingerprint density at radius 1 is 1.10 bits per heavy atom. The molecule has 3 heterocycles. The van der Waals surface area contributed by atoms with Gasteiger partial charge in [-0.1, -0.05) is 51.1 Å². The highest BCUT2D eigenvalue weighted by molar-refractivity contribution is 5.74. The zero-order valence-corrected chi connectivity index (χ0v) is 24.9. The average Bonchev–Trinajstić information content (AvgIpc) is 3.45. The van der Waals surface area contributed by atoms with Crippen molar-refractivity contribution in [3.63, 3.8) is 0 Å². The molecular formula is C31H48N4O6. The molecule has 10 heteroatoms. The largest absolute Gasteiger partial charge is 0.445 e. The van der Waals surface area contributed by atoms with Crippen molar-refractivity contribution in [1.82, 2.24) is 20.4 Å². The molecule has 2 bridgehead atoms. The van der Waals surface area contributed by atoms with Crippen LogP contribution in [0.5, 0.6) is 0 Å². The van der Waals surface area contributed by atoms with Crippen molar-refractivity contribution in [2.24, 2.45) is 29.6 Å². The van der Waals surface area contributed by atoms with Crippen LogP contribution in [-0.2, 0) is 20.6 Å². The van der Waals surface area contributed by atoms with E-state index in [1.54, 1.807) is 4.90 Å². The van der Waals surface area contributed by atoms with E-state index in [1.165, 1.54) is 0 Å². The number of urea groups is 1. The molecule has 1 aliphatic carbocycles. The van der Waals surface area contributed by atoms with Crippen LogP contribution in [0.4, 0.5) is 9.59 Å². The second-order valence-electron chi connectivity index (χ2n) is 12.8. The molecule has 0 spiro atoms. The van der Waals surface area contributed by atoms with Gasteiger partial charge in [-0.25, -0.2) is 9.59 Å². The standard InChI is InChI=1S/C31H48N4O6/c1-19(2)15-35(31(38)34-12-10-22(32-4)11-13-34)16-26(36)25(14-21-8-6-5-7-9-21)33-30(37)41-28-23-17-39-29-27(20(23)3)24(28)18-40-29/h5-9,19-20,22-29,32,36H,10-18H2,1-4H3,(H,33,37)/t20-,23?,24?,25-,26+,27?,28?,29?/m0/s1. The first-order chi connectivity index (χ1) is 19.7. The van der Waals surface area contributed by atoms with Crippen LogP contribution in [-0.4, -0.2) is 104 Å². The maximum atomic E-state index is 13.6. The molecule has 8 atom stereocenters. The maximum absolute atomic E-state index is 13.6. The van der Waals surface area contributed by atoms with Crippen molar-refractivity contribution < 1.29 is 28.9 Å². The monoisotopic (exact) mass is 572 g/mol. The fourth-order valence-corrected chi connectivity index (χ4v) is 7.31. The van der Waals surface area contributed by atoms with Crippen LogP contribution in [0.1, 0.15) is 39.2 Å². The molecule has 3 N–H and O–H groups in total. The number of aliphatic hydroxyl groups excluding tert-OH is 1. The molecule has 228 valence electrons. The number of rotatable bonds is 10. The molecule has 5 rings (SSSR count). The number of piperidine rings is 1. The number of likely N-dealkylation sites (tertiary alicyclic amines) is 1. The summed E-state index contributed by atoms with van der Waals surface area (Å²) < 4.78 is 17.8. The molecule has 3 aliphatic heterocycles. The number of carbonyl (C=O) groups excluding carboxylic acids is 2. The van der Waals surface area contributed by atoms with E-state index in [1.807, 2.05) is 42.3 Å². The molecule has 0 aromatic heterocycles. The number of ether oxygens (including phenoxy) is 3. The Hall–Kier alpha value is -2.40. The third kappa shape index (κ3) is 6.82. The van der Waals surface area contributed by atoms with Gasteiger partial charge in [0.15, 0.2) is 6.29 Å². The fraction of sp³-hybridized carbons (Fsp3) is 0.742. The zero-order valence-electron chi connectivity index (χ0n) is 24.9. The Kier molecular flexibility index (Phi) is 9.74. The lowest BCUT2D eigenvalue weighted by atomic mass is 9.88. The normalized spacial score (nSPS) is 30.7. The fourth-order valence-electron chi connectivity index (χ4n) is 7.31. The molecule has 3 saturated heterocycles. The van der Waals surface area contributed by atoms with Crippen molar-refractivity contribution in [2.75, 3.05) is 46.4 Å². The SMILES string of the molecule is CNC1CCN(C(=O)N(CC(C)C)C[C@@H](O)[C@H](Cc2ccccc2)NC(=O)OC2C3COC4OCC2[C@H](C)C43)CC1. The van der Waals surface area contributed by atoms with Gasteiger partial charge in [0.2, 0.25) is 0 Å². The minimum absolute atomic E-state index is 0.0589. The summed E-state index contributed by atoms with van der Waals surface area (Å²) in [6.45, 7) is 9.39. The van der Waals surface area contributed by atoms with Gasteiger partial charge in [-0.3, -0.25) is 0 Å². The molecule has 10 nitrogen and oxygen atoms in total. The number of hydrogen-bond donors (Lipinski definition) is 3. The Balaban J connectivity index is 1.27. The van der Waals surface area contributed by atoms with Crippen LogP contribution in [0.2, 0.25) is 0 Å². The highest BCUT2D eigenvalue weighted by Gasteiger charge is 2.60.